The molecule has 1 N–H and O–H groups in total. The summed E-state index contributed by atoms with van der Waals surface area (Å²) in [6.45, 7) is -0.151. The molecular weight excluding hydrogens is 240 g/mol. The smallest absolute Gasteiger partial charge is 0.238 e. The molecule has 0 bridgehead atoms. The van der Waals surface area contributed by atoms with Gasteiger partial charge in [-0.1, -0.05) is 30.3 Å². The van der Waals surface area contributed by atoms with Crippen molar-refractivity contribution in [2.45, 2.75) is 6.61 Å². The fraction of sp³-hybridized carbons (Fsp3) is 0.0667. The van der Waals surface area contributed by atoms with Crippen LogP contribution in [-0.4, -0.2) is 15.1 Å². The summed E-state index contributed by atoms with van der Waals surface area (Å²) in [6.07, 6.45) is 3.03. The number of aromatic nitrogens is 2. The first-order valence-electron chi connectivity index (χ1n) is 5.93. The Bertz CT molecular complexity index is 713. The van der Waals surface area contributed by atoms with E-state index in [2.05, 4.69) is 9.97 Å². The van der Waals surface area contributed by atoms with Crippen LogP contribution in [0.25, 0.3) is 10.8 Å². The second-order valence-electron chi connectivity index (χ2n) is 4.12. The minimum atomic E-state index is -0.151. The summed E-state index contributed by atoms with van der Waals surface area (Å²) in [7, 11) is 0. The summed E-state index contributed by atoms with van der Waals surface area (Å²) >= 11 is 0. The van der Waals surface area contributed by atoms with Crippen molar-refractivity contribution >= 4 is 10.8 Å². The van der Waals surface area contributed by atoms with Crippen LogP contribution in [0.5, 0.6) is 11.6 Å². The maximum Gasteiger partial charge on any atom is 0.238 e. The molecule has 0 atom stereocenters. The van der Waals surface area contributed by atoms with Crippen molar-refractivity contribution < 1.29 is 9.84 Å². The van der Waals surface area contributed by atoms with Crippen molar-refractivity contribution in [3.8, 4) is 11.6 Å². The highest BCUT2D eigenvalue weighted by Gasteiger charge is 2.02. The molecule has 0 saturated carbocycles. The number of fused-ring (bicyclic) bond motifs is 1. The van der Waals surface area contributed by atoms with E-state index < -0.39 is 0 Å². The first-order valence-corrected chi connectivity index (χ1v) is 5.93. The second kappa shape index (κ2) is 5.04. The standard InChI is InChI=1S/C15H12N2O2/c18-10-13-8-16-9-15(17-13)19-14-6-5-11-3-1-2-4-12(11)7-14/h1-9,18H,10H2. The third kappa shape index (κ3) is 2.53. The summed E-state index contributed by atoms with van der Waals surface area (Å²) in [4.78, 5) is 8.10. The van der Waals surface area contributed by atoms with Crippen LogP contribution in [0.15, 0.2) is 54.9 Å². The van der Waals surface area contributed by atoms with Crippen molar-refractivity contribution in [3.63, 3.8) is 0 Å². The minimum Gasteiger partial charge on any atom is -0.437 e. The van der Waals surface area contributed by atoms with Gasteiger partial charge in [-0.05, 0) is 22.9 Å². The molecule has 3 rings (SSSR count). The predicted octanol–water partition coefficient (Wildman–Crippen LogP) is 2.91. The molecule has 1 heterocycles. The van der Waals surface area contributed by atoms with Crippen LogP contribution < -0.4 is 4.74 Å². The zero-order valence-corrected chi connectivity index (χ0v) is 10.2. The molecule has 0 amide bonds. The van der Waals surface area contributed by atoms with Gasteiger partial charge in [-0.3, -0.25) is 4.98 Å². The molecule has 4 heteroatoms. The maximum atomic E-state index is 9.01. The molecule has 3 aromatic rings. The van der Waals surface area contributed by atoms with E-state index in [1.807, 2.05) is 42.5 Å². The fourth-order valence-corrected chi connectivity index (χ4v) is 1.86. The minimum absolute atomic E-state index is 0.151. The molecule has 4 nitrogen and oxygen atoms in total. The van der Waals surface area contributed by atoms with Gasteiger partial charge in [0, 0.05) is 0 Å². The SMILES string of the molecule is OCc1cncc(Oc2ccc3ccccc3c2)n1. The molecule has 0 saturated heterocycles. The fourth-order valence-electron chi connectivity index (χ4n) is 1.86. The van der Waals surface area contributed by atoms with Gasteiger partial charge in [-0.25, -0.2) is 4.98 Å². The Morgan fingerprint density at radius 2 is 1.84 bits per heavy atom. The lowest BCUT2D eigenvalue weighted by molar-refractivity contribution is 0.274. The zero-order chi connectivity index (χ0) is 13.1. The van der Waals surface area contributed by atoms with Gasteiger partial charge >= 0.3 is 0 Å². The molecule has 2 aromatic carbocycles. The molecular formula is C15H12N2O2. The van der Waals surface area contributed by atoms with Gasteiger partial charge in [0.2, 0.25) is 5.88 Å². The lowest BCUT2D eigenvalue weighted by atomic mass is 10.1. The van der Waals surface area contributed by atoms with E-state index in [-0.39, 0.29) is 6.61 Å². The van der Waals surface area contributed by atoms with Crippen LogP contribution in [0.4, 0.5) is 0 Å². The van der Waals surface area contributed by atoms with E-state index in [0.29, 0.717) is 17.3 Å². The van der Waals surface area contributed by atoms with E-state index in [1.165, 1.54) is 12.4 Å². The first kappa shape index (κ1) is 11.6. The Kier molecular flexibility index (Phi) is 3.08. The highest BCUT2D eigenvalue weighted by molar-refractivity contribution is 5.83. The molecule has 0 spiro atoms. The molecule has 0 aliphatic heterocycles. The van der Waals surface area contributed by atoms with E-state index in [0.717, 1.165) is 10.8 Å². The number of rotatable bonds is 3. The Morgan fingerprint density at radius 3 is 2.68 bits per heavy atom. The van der Waals surface area contributed by atoms with Crippen molar-refractivity contribution in [1.29, 1.82) is 0 Å². The molecule has 1 aromatic heterocycles. The number of aliphatic hydroxyl groups excluding tert-OH is 1. The first-order chi connectivity index (χ1) is 9.35. The van der Waals surface area contributed by atoms with Gasteiger partial charge in [0.25, 0.3) is 0 Å². The predicted molar refractivity (Wildman–Crippen MR) is 72.0 cm³/mol. The number of nitrogens with zero attached hydrogens (tertiary/aromatic N) is 2. The average Bonchev–Trinajstić information content (AvgIpc) is 2.47. The summed E-state index contributed by atoms with van der Waals surface area (Å²) in [6, 6.07) is 13.9. The third-order valence-corrected chi connectivity index (χ3v) is 2.77. The molecule has 0 fully saturated rings. The molecule has 0 aliphatic rings. The quantitative estimate of drug-likeness (QED) is 0.778. The summed E-state index contributed by atoms with van der Waals surface area (Å²) in [5.41, 5.74) is 0.485. The van der Waals surface area contributed by atoms with Crippen LogP contribution in [0.2, 0.25) is 0 Å². The lowest BCUT2D eigenvalue weighted by Crippen LogP contribution is -1.94. The Morgan fingerprint density at radius 1 is 1.00 bits per heavy atom. The number of benzene rings is 2. The largest absolute Gasteiger partial charge is 0.437 e. The van der Waals surface area contributed by atoms with Crippen molar-refractivity contribution in [2.75, 3.05) is 0 Å². The summed E-state index contributed by atoms with van der Waals surface area (Å²) in [5, 5.41) is 11.3. The van der Waals surface area contributed by atoms with Crippen molar-refractivity contribution in [1.82, 2.24) is 9.97 Å². The second-order valence-corrected chi connectivity index (χ2v) is 4.12. The Hall–Kier alpha value is -2.46. The number of hydrogen-bond acceptors (Lipinski definition) is 4. The van der Waals surface area contributed by atoms with Crippen LogP contribution >= 0.6 is 0 Å². The molecule has 0 radical (unpaired) electrons. The number of hydrogen-bond donors (Lipinski definition) is 1. The molecule has 94 valence electrons. The average molecular weight is 252 g/mol. The van der Waals surface area contributed by atoms with Crippen molar-refractivity contribution in [3.05, 3.63) is 60.6 Å². The monoisotopic (exact) mass is 252 g/mol. The van der Waals surface area contributed by atoms with Crippen LogP contribution in [0.3, 0.4) is 0 Å². The summed E-state index contributed by atoms with van der Waals surface area (Å²) in [5.74, 6) is 1.07. The van der Waals surface area contributed by atoms with E-state index in [1.54, 1.807) is 0 Å². The lowest BCUT2D eigenvalue weighted by Gasteiger charge is -2.06. The van der Waals surface area contributed by atoms with Crippen molar-refractivity contribution in [2.24, 2.45) is 0 Å². The van der Waals surface area contributed by atoms with Gasteiger partial charge in [-0.2, -0.15) is 0 Å². The number of aliphatic hydroxyl groups is 1. The Balaban J connectivity index is 1.92. The van der Waals surface area contributed by atoms with Gasteiger partial charge in [0.15, 0.2) is 0 Å². The van der Waals surface area contributed by atoms with E-state index >= 15 is 0 Å². The Labute approximate surface area is 110 Å². The maximum absolute atomic E-state index is 9.01. The van der Waals surface area contributed by atoms with Gasteiger partial charge in [-0.15, -0.1) is 0 Å². The molecule has 0 unspecified atom stereocenters. The number of ether oxygens (including phenoxy) is 1. The highest BCUT2D eigenvalue weighted by Crippen LogP contribution is 2.24. The van der Waals surface area contributed by atoms with Gasteiger partial charge < -0.3 is 9.84 Å². The molecule has 0 aliphatic carbocycles. The van der Waals surface area contributed by atoms with Crippen LogP contribution in [-0.2, 0) is 6.61 Å². The van der Waals surface area contributed by atoms with Crippen LogP contribution in [0.1, 0.15) is 5.69 Å². The van der Waals surface area contributed by atoms with Gasteiger partial charge in [0.1, 0.15) is 5.75 Å². The highest BCUT2D eigenvalue weighted by atomic mass is 16.5. The van der Waals surface area contributed by atoms with E-state index in [9.17, 15) is 0 Å². The zero-order valence-electron chi connectivity index (χ0n) is 10.2. The topological polar surface area (TPSA) is 55.2 Å². The third-order valence-electron chi connectivity index (χ3n) is 2.77. The van der Waals surface area contributed by atoms with Gasteiger partial charge in [0.05, 0.1) is 24.7 Å². The summed E-state index contributed by atoms with van der Waals surface area (Å²) < 4.78 is 5.64. The van der Waals surface area contributed by atoms with E-state index in [4.69, 9.17) is 9.84 Å². The normalized spacial score (nSPS) is 10.6. The molecule has 19 heavy (non-hydrogen) atoms. The van der Waals surface area contributed by atoms with Crippen LogP contribution in [0, 0.1) is 0 Å².